The average Bonchev–Trinajstić information content (AvgIpc) is 2.64. The van der Waals surface area contributed by atoms with E-state index in [2.05, 4.69) is 11.9 Å². The summed E-state index contributed by atoms with van der Waals surface area (Å²) >= 11 is 0. The number of benzene rings is 2. The van der Waals surface area contributed by atoms with Crippen LogP contribution in [0.2, 0.25) is 0 Å². The molecule has 1 fully saturated rings. The number of aliphatic hydroxyl groups is 1. The van der Waals surface area contributed by atoms with Crippen molar-refractivity contribution in [3.05, 3.63) is 71.8 Å². The number of carbonyl (C=O) groups excluding carboxylic acids is 1. The molecule has 4 nitrogen and oxygen atoms in total. The molecule has 1 aliphatic rings. The van der Waals surface area contributed by atoms with Gasteiger partial charge in [-0.15, -0.1) is 12.4 Å². The molecule has 0 bridgehead atoms. The van der Waals surface area contributed by atoms with Gasteiger partial charge in [0.2, 0.25) is 5.60 Å². The Morgan fingerprint density at radius 3 is 1.88 bits per heavy atom. The minimum Gasteiger partial charge on any atom is -0.460 e. The third-order valence-corrected chi connectivity index (χ3v) is 4.62. The van der Waals surface area contributed by atoms with Crippen LogP contribution in [0.15, 0.2) is 60.7 Å². The van der Waals surface area contributed by atoms with E-state index in [1.807, 2.05) is 36.4 Å². The van der Waals surface area contributed by atoms with Crippen LogP contribution < -0.4 is 0 Å². The number of hydrogen-bond acceptors (Lipinski definition) is 4. The van der Waals surface area contributed by atoms with Crippen molar-refractivity contribution in [2.45, 2.75) is 24.5 Å². The molecule has 1 N–H and O–H groups in total. The Morgan fingerprint density at radius 1 is 1.00 bits per heavy atom. The molecule has 1 heterocycles. The molecule has 134 valence electrons. The SMILES string of the molecule is CN1CCC(OC(=O)C(O)(c2ccccc2)c2ccccc2)CC1.Cl. The molecule has 1 saturated heterocycles. The highest BCUT2D eigenvalue weighted by Gasteiger charge is 2.42. The van der Waals surface area contributed by atoms with E-state index in [9.17, 15) is 9.90 Å². The van der Waals surface area contributed by atoms with Gasteiger partial charge >= 0.3 is 5.97 Å². The highest BCUT2D eigenvalue weighted by atomic mass is 35.5. The highest BCUT2D eigenvalue weighted by molar-refractivity contribution is 5.86. The van der Waals surface area contributed by atoms with Crippen molar-refractivity contribution in [2.75, 3.05) is 20.1 Å². The number of halogens is 1. The quantitative estimate of drug-likeness (QED) is 0.850. The molecule has 0 unspecified atom stereocenters. The summed E-state index contributed by atoms with van der Waals surface area (Å²) in [5, 5.41) is 11.3. The number of hydrogen-bond donors (Lipinski definition) is 1. The van der Waals surface area contributed by atoms with Gasteiger partial charge < -0.3 is 14.7 Å². The summed E-state index contributed by atoms with van der Waals surface area (Å²) in [7, 11) is 2.06. The molecule has 0 spiro atoms. The van der Waals surface area contributed by atoms with Crippen molar-refractivity contribution < 1.29 is 14.6 Å². The minimum atomic E-state index is -1.79. The average molecular weight is 362 g/mol. The fourth-order valence-corrected chi connectivity index (χ4v) is 3.10. The monoisotopic (exact) mass is 361 g/mol. The maximum absolute atomic E-state index is 12.9. The Balaban J connectivity index is 0.00000225. The molecule has 0 radical (unpaired) electrons. The molecule has 5 heteroatoms. The molecule has 2 aromatic carbocycles. The summed E-state index contributed by atoms with van der Waals surface area (Å²) in [6.07, 6.45) is 1.44. The predicted molar refractivity (Wildman–Crippen MR) is 99.7 cm³/mol. The van der Waals surface area contributed by atoms with Crippen LogP contribution in [0.3, 0.4) is 0 Å². The van der Waals surface area contributed by atoms with Gasteiger partial charge in [0.15, 0.2) is 0 Å². The zero-order chi connectivity index (χ0) is 17.0. The first-order valence-corrected chi connectivity index (χ1v) is 8.34. The second kappa shape index (κ2) is 8.48. The van der Waals surface area contributed by atoms with Crippen LogP contribution in [-0.4, -0.2) is 42.2 Å². The Hall–Kier alpha value is -1.88. The number of carbonyl (C=O) groups is 1. The number of ether oxygens (including phenoxy) is 1. The maximum Gasteiger partial charge on any atom is 0.347 e. The van der Waals surface area contributed by atoms with Gasteiger partial charge in [-0.3, -0.25) is 0 Å². The number of esters is 1. The normalized spacial score (nSPS) is 16.1. The molecule has 25 heavy (non-hydrogen) atoms. The number of likely N-dealkylation sites (tertiary alicyclic amines) is 1. The van der Waals surface area contributed by atoms with E-state index in [1.165, 1.54) is 0 Å². The first-order chi connectivity index (χ1) is 11.6. The zero-order valence-electron chi connectivity index (χ0n) is 14.3. The van der Waals surface area contributed by atoms with Crippen LogP contribution in [-0.2, 0) is 15.1 Å². The van der Waals surface area contributed by atoms with E-state index >= 15 is 0 Å². The second-order valence-corrected chi connectivity index (χ2v) is 6.35. The predicted octanol–water partition coefficient (Wildman–Crippen LogP) is 2.98. The lowest BCUT2D eigenvalue weighted by molar-refractivity contribution is -0.169. The van der Waals surface area contributed by atoms with Gasteiger partial charge in [-0.2, -0.15) is 0 Å². The summed E-state index contributed by atoms with van der Waals surface area (Å²) in [5.74, 6) is -0.602. The third-order valence-electron chi connectivity index (χ3n) is 4.62. The summed E-state index contributed by atoms with van der Waals surface area (Å²) in [6.45, 7) is 1.79. The molecular formula is C20H24ClNO3. The summed E-state index contributed by atoms with van der Waals surface area (Å²) in [4.78, 5) is 15.1. The molecular weight excluding hydrogens is 338 g/mol. The van der Waals surface area contributed by atoms with Crippen molar-refractivity contribution in [1.29, 1.82) is 0 Å². The smallest absolute Gasteiger partial charge is 0.347 e. The van der Waals surface area contributed by atoms with Gasteiger partial charge in [0.05, 0.1) is 0 Å². The van der Waals surface area contributed by atoms with Crippen LogP contribution in [0.1, 0.15) is 24.0 Å². The topological polar surface area (TPSA) is 49.8 Å². The fourth-order valence-electron chi connectivity index (χ4n) is 3.10. The molecule has 2 aromatic rings. The van der Waals surface area contributed by atoms with Crippen LogP contribution in [0.5, 0.6) is 0 Å². The molecule has 0 aliphatic carbocycles. The molecule has 0 amide bonds. The van der Waals surface area contributed by atoms with Crippen molar-refractivity contribution in [3.8, 4) is 0 Å². The number of nitrogens with zero attached hydrogens (tertiary/aromatic N) is 1. The second-order valence-electron chi connectivity index (χ2n) is 6.35. The van der Waals surface area contributed by atoms with Gasteiger partial charge in [0, 0.05) is 13.1 Å². The van der Waals surface area contributed by atoms with Gasteiger partial charge in [0.25, 0.3) is 0 Å². The van der Waals surface area contributed by atoms with Crippen molar-refractivity contribution in [2.24, 2.45) is 0 Å². The van der Waals surface area contributed by atoms with E-state index in [0.717, 1.165) is 25.9 Å². The molecule has 0 saturated carbocycles. The minimum absolute atomic E-state index is 0. The lowest BCUT2D eigenvalue weighted by Gasteiger charge is -2.33. The third kappa shape index (κ3) is 4.21. The summed E-state index contributed by atoms with van der Waals surface area (Å²) in [5.41, 5.74) is -0.741. The van der Waals surface area contributed by atoms with Crippen molar-refractivity contribution in [1.82, 2.24) is 4.90 Å². The van der Waals surface area contributed by atoms with Gasteiger partial charge in [-0.25, -0.2) is 4.79 Å². The zero-order valence-corrected chi connectivity index (χ0v) is 15.1. The van der Waals surface area contributed by atoms with Crippen LogP contribution in [0, 0.1) is 0 Å². The lowest BCUT2D eigenvalue weighted by atomic mass is 9.86. The maximum atomic E-state index is 12.9. The first-order valence-electron chi connectivity index (χ1n) is 8.34. The lowest BCUT2D eigenvalue weighted by Crippen LogP contribution is -2.43. The number of rotatable bonds is 4. The molecule has 3 rings (SSSR count). The Bertz CT molecular complexity index is 630. The molecule has 0 aromatic heterocycles. The van der Waals surface area contributed by atoms with Crippen LogP contribution >= 0.6 is 12.4 Å². The summed E-state index contributed by atoms with van der Waals surface area (Å²) in [6, 6.07) is 18.0. The number of piperidine rings is 1. The first kappa shape index (κ1) is 19.4. The molecule has 1 aliphatic heterocycles. The van der Waals surface area contributed by atoms with Gasteiger partial charge in [-0.05, 0) is 31.0 Å². The van der Waals surface area contributed by atoms with Crippen LogP contribution in [0.4, 0.5) is 0 Å². The van der Waals surface area contributed by atoms with Crippen molar-refractivity contribution in [3.63, 3.8) is 0 Å². The van der Waals surface area contributed by atoms with E-state index in [0.29, 0.717) is 11.1 Å². The van der Waals surface area contributed by atoms with Gasteiger partial charge in [0.1, 0.15) is 6.10 Å². The van der Waals surface area contributed by atoms with E-state index < -0.39 is 11.6 Å². The van der Waals surface area contributed by atoms with Crippen molar-refractivity contribution >= 4 is 18.4 Å². The van der Waals surface area contributed by atoms with Crippen LogP contribution in [0.25, 0.3) is 0 Å². The van der Waals surface area contributed by atoms with E-state index in [1.54, 1.807) is 24.3 Å². The van der Waals surface area contributed by atoms with E-state index in [4.69, 9.17) is 4.74 Å². The summed E-state index contributed by atoms with van der Waals surface area (Å²) < 4.78 is 5.70. The Kier molecular flexibility index (Phi) is 6.59. The highest BCUT2D eigenvalue weighted by Crippen LogP contribution is 2.32. The Morgan fingerprint density at radius 2 is 1.44 bits per heavy atom. The molecule has 0 atom stereocenters. The standard InChI is InChI=1S/C20H23NO3.ClH/c1-21-14-12-18(13-15-21)24-19(22)20(23,16-8-4-2-5-9-16)17-10-6-3-7-11-17;/h2-11,18,23H,12-15H2,1H3;1H. The largest absolute Gasteiger partial charge is 0.460 e. The van der Waals surface area contributed by atoms with E-state index in [-0.39, 0.29) is 18.5 Å². The van der Waals surface area contributed by atoms with Gasteiger partial charge in [-0.1, -0.05) is 60.7 Å². The fraction of sp³-hybridized carbons (Fsp3) is 0.350. The Labute approximate surface area is 154 Å².